The van der Waals surface area contributed by atoms with E-state index in [0.717, 1.165) is 19.5 Å². The minimum absolute atomic E-state index is 0.191. The minimum atomic E-state index is -3.05. The van der Waals surface area contributed by atoms with Gasteiger partial charge in [-0.2, -0.15) is 0 Å². The second-order valence-corrected chi connectivity index (χ2v) is 5.48. The van der Waals surface area contributed by atoms with Gasteiger partial charge in [-0.25, -0.2) is 12.7 Å². The van der Waals surface area contributed by atoms with Crippen LogP contribution in [0.4, 0.5) is 0 Å². The van der Waals surface area contributed by atoms with Gasteiger partial charge in [0, 0.05) is 19.6 Å². The van der Waals surface area contributed by atoms with E-state index in [9.17, 15) is 8.42 Å². The van der Waals surface area contributed by atoms with Crippen LogP contribution in [-0.4, -0.2) is 44.7 Å². The van der Waals surface area contributed by atoms with Gasteiger partial charge in [0.05, 0.1) is 5.75 Å². The predicted molar refractivity (Wildman–Crippen MR) is 57.7 cm³/mol. The van der Waals surface area contributed by atoms with Crippen LogP contribution in [-0.2, 0) is 10.0 Å². The average molecular weight is 218 g/mol. The van der Waals surface area contributed by atoms with E-state index in [1.165, 1.54) is 0 Å². The van der Waals surface area contributed by atoms with Gasteiger partial charge in [0.15, 0.2) is 0 Å². The maximum atomic E-state index is 11.7. The number of allylic oxidation sites excluding steroid dienone is 1. The van der Waals surface area contributed by atoms with Crippen LogP contribution in [0.3, 0.4) is 0 Å². The SMILES string of the molecule is C=CCCS(=O)(=O)N1CCCNCC1. The molecular weight excluding hydrogens is 200 g/mol. The van der Waals surface area contributed by atoms with Crippen LogP contribution >= 0.6 is 0 Å². The molecule has 0 spiro atoms. The molecule has 1 rings (SSSR count). The number of rotatable bonds is 4. The molecular formula is C9H18N2O2S. The Hall–Kier alpha value is -0.390. The van der Waals surface area contributed by atoms with Crippen LogP contribution in [0.2, 0.25) is 0 Å². The van der Waals surface area contributed by atoms with Crippen molar-refractivity contribution in [3.63, 3.8) is 0 Å². The van der Waals surface area contributed by atoms with E-state index in [4.69, 9.17) is 0 Å². The first-order valence-electron chi connectivity index (χ1n) is 4.96. The molecule has 1 aliphatic heterocycles. The molecule has 1 N–H and O–H groups in total. The zero-order valence-corrected chi connectivity index (χ0v) is 9.22. The van der Waals surface area contributed by atoms with Crippen LogP contribution in [0, 0.1) is 0 Å². The fourth-order valence-electron chi connectivity index (χ4n) is 1.46. The number of nitrogens with zero attached hydrogens (tertiary/aromatic N) is 1. The molecule has 5 heteroatoms. The third-order valence-corrected chi connectivity index (χ3v) is 4.18. The Morgan fingerprint density at radius 2 is 2.14 bits per heavy atom. The molecule has 1 heterocycles. The summed E-state index contributed by atoms with van der Waals surface area (Å²) in [5.41, 5.74) is 0. The smallest absolute Gasteiger partial charge is 0.214 e. The van der Waals surface area contributed by atoms with Gasteiger partial charge in [-0.1, -0.05) is 6.08 Å². The summed E-state index contributed by atoms with van der Waals surface area (Å²) in [6, 6.07) is 0. The summed E-state index contributed by atoms with van der Waals surface area (Å²) in [6.07, 6.45) is 3.08. The van der Waals surface area contributed by atoms with E-state index in [1.807, 2.05) is 0 Å². The first-order valence-corrected chi connectivity index (χ1v) is 6.57. The van der Waals surface area contributed by atoms with Crippen molar-refractivity contribution in [2.45, 2.75) is 12.8 Å². The maximum Gasteiger partial charge on any atom is 0.214 e. The lowest BCUT2D eigenvalue weighted by molar-refractivity contribution is 0.432. The first-order chi connectivity index (χ1) is 6.67. The van der Waals surface area contributed by atoms with E-state index in [1.54, 1.807) is 10.4 Å². The molecule has 82 valence electrons. The van der Waals surface area contributed by atoms with Crippen LogP contribution in [0.1, 0.15) is 12.8 Å². The van der Waals surface area contributed by atoms with Crippen molar-refractivity contribution in [1.29, 1.82) is 0 Å². The number of hydrogen-bond donors (Lipinski definition) is 1. The maximum absolute atomic E-state index is 11.7. The lowest BCUT2D eigenvalue weighted by atomic mass is 10.4. The Morgan fingerprint density at radius 1 is 1.36 bits per heavy atom. The molecule has 1 aliphatic rings. The molecule has 0 atom stereocenters. The molecule has 14 heavy (non-hydrogen) atoms. The Labute approximate surface area is 86.0 Å². The van der Waals surface area contributed by atoms with Crippen LogP contribution in [0.5, 0.6) is 0 Å². The Balaban J connectivity index is 2.55. The summed E-state index contributed by atoms with van der Waals surface area (Å²) in [4.78, 5) is 0. The minimum Gasteiger partial charge on any atom is -0.315 e. The summed E-state index contributed by atoms with van der Waals surface area (Å²) in [6.45, 7) is 6.44. The highest BCUT2D eigenvalue weighted by molar-refractivity contribution is 7.89. The highest BCUT2D eigenvalue weighted by Crippen LogP contribution is 2.06. The Kier molecular flexibility index (Phi) is 4.57. The van der Waals surface area contributed by atoms with Crippen molar-refractivity contribution in [1.82, 2.24) is 9.62 Å². The van der Waals surface area contributed by atoms with Crippen LogP contribution < -0.4 is 5.32 Å². The topological polar surface area (TPSA) is 49.4 Å². The number of sulfonamides is 1. The van der Waals surface area contributed by atoms with Gasteiger partial charge in [-0.05, 0) is 19.4 Å². The summed E-state index contributed by atoms with van der Waals surface area (Å²) in [5, 5.41) is 3.18. The summed E-state index contributed by atoms with van der Waals surface area (Å²) >= 11 is 0. The van der Waals surface area contributed by atoms with E-state index in [-0.39, 0.29) is 5.75 Å². The molecule has 0 amide bonds. The van der Waals surface area contributed by atoms with Gasteiger partial charge < -0.3 is 5.32 Å². The van der Waals surface area contributed by atoms with Gasteiger partial charge >= 0.3 is 0 Å². The van der Waals surface area contributed by atoms with Gasteiger partial charge in [-0.15, -0.1) is 6.58 Å². The fraction of sp³-hybridized carbons (Fsp3) is 0.778. The fourth-order valence-corrected chi connectivity index (χ4v) is 2.96. The quantitative estimate of drug-likeness (QED) is 0.685. The molecule has 0 aromatic rings. The second-order valence-electron chi connectivity index (χ2n) is 3.40. The molecule has 0 radical (unpaired) electrons. The molecule has 0 aromatic heterocycles. The third kappa shape index (κ3) is 3.40. The molecule has 1 fully saturated rings. The van der Waals surface area contributed by atoms with Crippen molar-refractivity contribution in [2.75, 3.05) is 31.9 Å². The standard InChI is InChI=1S/C9H18N2O2S/c1-2-3-9-14(12,13)11-7-4-5-10-6-8-11/h2,10H,1,3-9H2. The Bertz CT molecular complexity index is 267. The van der Waals surface area contributed by atoms with Gasteiger partial charge in [0.2, 0.25) is 10.0 Å². The average Bonchev–Trinajstić information content (AvgIpc) is 2.43. The third-order valence-electron chi connectivity index (χ3n) is 2.27. The monoisotopic (exact) mass is 218 g/mol. The highest BCUT2D eigenvalue weighted by atomic mass is 32.2. The molecule has 4 nitrogen and oxygen atoms in total. The summed E-state index contributed by atoms with van der Waals surface area (Å²) in [5.74, 6) is 0.191. The second kappa shape index (κ2) is 5.48. The van der Waals surface area contributed by atoms with Crippen molar-refractivity contribution >= 4 is 10.0 Å². The molecule has 1 saturated heterocycles. The van der Waals surface area contributed by atoms with Gasteiger partial charge in [0.25, 0.3) is 0 Å². The van der Waals surface area contributed by atoms with Crippen molar-refractivity contribution in [2.24, 2.45) is 0 Å². The van der Waals surface area contributed by atoms with Gasteiger partial charge in [-0.3, -0.25) is 0 Å². The molecule has 0 saturated carbocycles. The number of nitrogens with one attached hydrogen (secondary N) is 1. The predicted octanol–water partition coefficient (Wildman–Crippen LogP) is 0.188. The van der Waals surface area contributed by atoms with Crippen molar-refractivity contribution in [3.05, 3.63) is 12.7 Å². The van der Waals surface area contributed by atoms with Crippen molar-refractivity contribution in [3.8, 4) is 0 Å². The first kappa shape index (κ1) is 11.7. The van der Waals surface area contributed by atoms with Crippen LogP contribution in [0.25, 0.3) is 0 Å². The zero-order valence-electron chi connectivity index (χ0n) is 8.41. The zero-order chi connectivity index (χ0) is 10.4. The molecule has 0 unspecified atom stereocenters. The normalized spacial score (nSPS) is 20.3. The van der Waals surface area contributed by atoms with Gasteiger partial charge in [0.1, 0.15) is 0 Å². The highest BCUT2D eigenvalue weighted by Gasteiger charge is 2.21. The number of hydrogen-bond acceptors (Lipinski definition) is 3. The molecule has 0 aromatic carbocycles. The van der Waals surface area contributed by atoms with E-state index in [0.29, 0.717) is 19.5 Å². The van der Waals surface area contributed by atoms with E-state index >= 15 is 0 Å². The van der Waals surface area contributed by atoms with E-state index < -0.39 is 10.0 Å². The summed E-state index contributed by atoms with van der Waals surface area (Å²) < 4.78 is 25.1. The summed E-state index contributed by atoms with van der Waals surface area (Å²) in [7, 11) is -3.05. The van der Waals surface area contributed by atoms with Crippen molar-refractivity contribution < 1.29 is 8.42 Å². The molecule has 0 aliphatic carbocycles. The Morgan fingerprint density at radius 3 is 2.86 bits per heavy atom. The lowest BCUT2D eigenvalue weighted by Crippen LogP contribution is -2.35. The largest absolute Gasteiger partial charge is 0.315 e. The van der Waals surface area contributed by atoms with E-state index in [2.05, 4.69) is 11.9 Å². The lowest BCUT2D eigenvalue weighted by Gasteiger charge is -2.18. The van der Waals surface area contributed by atoms with Crippen LogP contribution in [0.15, 0.2) is 12.7 Å². The molecule has 0 bridgehead atoms.